The molecule has 0 bridgehead atoms. The van der Waals surface area contributed by atoms with Crippen molar-refractivity contribution in [2.75, 3.05) is 0 Å². The van der Waals surface area contributed by atoms with Gasteiger partial charge < -0.3 is 8.75 Å². The number of nitrogens with zero attached hydrogens (tertiary/aromatic N) is 1. The van der Waals surface area contributed by atoms with Crippen LogP contribution in [0.3, 0.4) is 0 Å². The Kier molecular flexibility index (Phi) is 3.59. The Morgan fingerprint density at radius 2 is 1.80 bits per heavy atom. The zero-order valence-electron chi connectivity index (χ0n) is 13.8. The second-order valence-electron chi connectivity index (χ2n) is 6.45. The number of hydrogen-bond acceptors (Lipinski definition) is 4. The van der Waals surface area contributed by atoms with Crippen LogP contribution in [0.4, 0.5) is 0 Å². The van der Waals surface area contributed by atoms with Crippen molar-refractivity contribution >= 4 is 32.0 Å². The van der Waals surface area contributed by atoms with Gasteiger partial charge >= 0.3 is 10.3 Å². The van der Waals surface area contributed by atoms with Crippen LogP contribution in [0.5, 0.6) is 5.75 Å². The van der Waals surface area contributed by atoms with Gasteiger partial charge in [0, 0.05) is 18.5 Å². The smallest absolute Gasteiger partial charge is 0.371 e. The Bertz CT molecular complexity index is 1180. The topological polar surface area (TPSA) is 91.4 Å². The monoisotopic (exact) mass is 358 g/mol. The van der Waals surface area contributed by atoms with Gasteiger partial charge in [0.2, 0.25) is 0 Å². The third-order valence-corrected chi connectivity index (χ3v) is 5.31. The van der Waals surface area contributed by atoms with Crippen LogP contribution in [0.15, 0.2) is 35.1 Å². The predicted molar refractivity (Wildman–Crippen MR) is 97.1 cm³/mol. The van der Waals surface area contributed by atoms with Crippen LogP contribution in [0, 0.1) is 0 Å². The highest BCUT2D eigenvalue weighted by molar-refractivity contribution is 7.84. The second-order valence-corrected chi connectivity index (χ2v) is 7.60. The van der Waals surface area contributed by atoms with Crippen molar-refractivity contribution in [3.63, 3.8) is 0 Å². The molecular weight excluding hydrogens is 340 g/mol. The van der Waals surface area contributed by atoms with Crippen molar-refractivity contribution in [2.45, 2.75) is 25.7 Å². The number of hydrogen-bond donors (Lipinski definition) is 1. The van der Waals surface area contributed by atoms with E-state index >= 15 is 0 Å². The largest absolute Gasteiger partial charge is 0.380 e. The van der Waals surface area contributed by atoms with Gasteiger partial charge in [-0.2, -0.15) is 13.6 Å². The zero-order valence-corrected chi connectivity index (χ0v) is 14.6. The lowest BCUT2D eigenvalue weighted by Crippen LogP contribution is -2.21. The molecule has 25 heavy (non-hydrogen) atoms. The minimum atomic E-state index is -4.11. The van der Waals surface area contributed by atoms with Gasteiger partial charge in [0.25, 0.3) is 5.56 Å². The second kappa shape index (κ2) is 5.57. The van der Waals surface area contributed by atoms with Crippen LogP contribution in [0.2, 0.25) is 0 Å². The quantitative estimate of drug-likeness (QED) is 0.711. The highest BCUT2D eigenvalue weighted by Gasteiger charge is 2.18. The lowest BCUT2D eigenvalue weighted by atomic mass is 9.87. The lowest BCUT2D eigenvalue weighted by molar-refractivity contribution is 0.488. The van der Waals surface area contributed by atoms with Crippen molar-refractivity contribution in [3.05, 3.63) is 51.8 Å². The molecule has 1 heterocycles. The van der Waals surface area contributed by atoms with Crippen molar-refractivity contribution in [1.29, 1.82) is 0 Å². The van der Waals surface area contributed by atoms with Gasteiger partial charge in [-0.15, -0.1) is 0 Å². The van der Waals surface area contributed by atoms with E-state index in [9.17, 15) is 13.2 Å². The first-order chi connectivity index (χ1) is 11.8. The minimum Gasteiger partial charge on any atom is -0.371 e. The molecule has 4 rings (SSSR count). The van der Waals surface area contributed by atoms with Crippen molar-refractivity contribution in [2.24, 2.45) is 12.2 Å². The summed E-state index contributed by atoms with van der Waals surface area (Å²) in [5, 5.41) is 7.47. The molecule has 0 saturated carbocycles. The summed E-state index contributed by atoms with van der Waals surface area (Å²) < 4.78 is 28.6. The van der Waals surface area contributed by atoms with E-state index in [-0.39, 0.29) is 11.3 Å². The average molecular weight is 358 g/mol. The normalized spacial score (nSPS) is 14.6. The Labute approximate surface area is 145 Å². The van der Waals surface area contributed by atoms with Crippen LogP contribution >= 0.6 is 0 Å². The SMILES string of the molecule is Cn1c(=O)c2c3c(ccc2c2ccc(OS(N)(=O)=O)cc21)CCCC3. The number of pyridine rings is 1. The van der Waals surface area contributed by atoms with E-state index in [4.69, 9.17) is 9.32 Å². The number of aryl methyl sites for hydroxylation is 3. The summed E-state index contributed by atoms with van der Waals surface area (Å²) in [5.74, 6) is 0.0855. The van der Waals surface area contributed by atoms with Gasteiger partial charge in [0.15, 0.2) is 0 Å². The fourth-order valence-corrected chi connectivity index (χ4v) is 4.15. The molecule has 1 aromatic heterocycles. The van der Waals surface area contributed by atoms with Crippen LogP contribution < -0.4 is 14.9 Å². The molecule has 0 fully saturated rings. The highest BCUT2D eigenvalue weighted by atomic mass is 32.2. The summed E-state index contributed by atoms with van der Waals surface area (Å²) in [6.07, 6.45) is 4.17. The molecule has 2 aromatic carbocycles. The maximum absolute atomic E-state index is 13.0. The molecule has 3 aromatic rings. The number of nitrogens with two attached hydrogens (primary N) is 1. The molecule has 1 aliphatic rings. The molecule has 0 unspecified atom stereocenters. The maximum atomic E-state index is 13.0. The molecule has 0 spiro atoms. The number of benzene rings is 2. The van der Waals surface area contributed by atoms with Gasteiger partial charge in [0.05, 0.1) is 10.9 Å². The van der Waals surface area contributed by atoms with Crippen LogP contribution in [0.1, 0.15) is 24.0 Å². The third kappa shape index (κ3) is 2.69. The summed E-state index contributed by atoms with van der Waals surface area (Å²) in [4.78, 5) is 13.0. The van der Waals surface area contributed by atoms with E-state index in [1.807, 2.05) is 6.07 Å². The molecule has 0 atom stereocenters. The Hall–Kier alpha value is -2.38. The average Bonchev–Trinajstić information content (AvgIpc) is 2.57. The fraction of sp³-hybridized carbons (Fsp3) is 0.278. The van der Waals surface area contributed by atoms with E-state index < -0.39 is 10.3 Å². The number of rotatable bonds is 2. The number of aromatic nitrogens is 1. The molecule has 130 valence electrons. The molecular formula is C18H18N2O4S. The highest BCUT2D eigenvalue weighted by Crippen LogP contribution is 2.32. The van der Waals surface area contributed by atoms with Gasteiger partial charge in [-0.3, -0.25) is 4.79 Å². The summed E-state index contributed by atoms with van der Waals surface area (Å²) in [6, 6.07) is 8.94. The first-order valence-corrected chi connectivity index (χ1v) is 9.62. The van der Waals surface area contributed by atoms with Gasteiger partial charge in [-0.1, -0.05) is 12.1 Å². The fourth-order valence-electron chi connectivity index (χ4n) is 3.78. The first-order valence-electron chi connectivity index (χ1n) is 8.14. The molecule has 6 nitrogen and oxygen atoms in total. The predicted octanol–water partition coefficient (Wildman–Crippen LogP) is 2.15. The van der Waals surface area contributed by atoms with Crippen LogP contribution in [-0.4, -0.2) is 13.0 Å². The third-order valence-electron chi connectivity index (χ3n) is 4.88. The van der Waals surface area contributed by atoms with E-state index in [1.165, 1.54) is 11.6 Å². The van der Waals surface area contributed by atoms with E-state index in [0.717, 1.165) is 47.4 Å². The Morgan fingerprint density at radius 3 is 2.56 bits per heavy atom. The maximum Gasteiger partial charge on any atom is 0.380 e. The molecule has 0 radical (unpaired) electrons. The Balaban J connectivity index is 2.07. The molecule has 0 amide bonds. The standard InChI is InChI=1S/C18H18N2O4S/c1-20-16-10-12(24-25(19,22)23)7-9-14(16)15-8-6-11-4-2-3-5-13(11)17(15)18(20)21/h6-10H,2-5H2,1H3,(H2,19,22,23). The number of fused-ring (bicyclic) bond motifs is 5. The molecule has 7 heteroatoms. The zero-order chi connectivity index (χ0) is 17.8. The molecule has 2 N–H and O–H groups in total. The van der Waals surface area contributed by atoms with Crippen LogP contribution in [0.25, 0.3) is 21.7 Å². The summed E-state index contributed by atoms with van der Waals surface area (Å²) in [5.41, 5.74) is 2.93. The summed E-state index contributed by atoms with van der Waals surface area (Å²) in [6.45, 7) is 0. The van der Waals surface area contributed by atoms with Crippen molar-refractivity contribution in [3.8, 4) is 5.75 Å². The van der Waals surface area contributed by atoms with E-state index in [2.05, 4.69) is 6.07 Å². The Morgan fingerprint density at radius 1 is 1.08 bits per heavy atom. The van der Waals surface area contributed by atoms with Crippen molar-refractivity contribution in [1.82, 2.24) is 4.57 Å². The molecule has 0 saturated heterocycles. The molecule has 0 aliphatic heterocycles. The minimum absolute atomic E-state index is 0.0750. The van der Waals surface area contributed by atoms with Gasteiger partial charge in [0.1, 0.15) is 5.75 Å². The van der Waals surface area contributed by atoms with Gasteiger partial charge in [-0.05, 0) is 54.3 Å². The first kappa shape index (κ1) is 16.1. The lowest BCUT2D eigenvalue weighted by Gasteiger charge is -2.19. The van der Waals surface area contributed by atoms with Crippen molar-refractivity contribution < 1.29 is 12.6 Å². The molecule has 1 aliphatic carbocycles. The van der Waals surface area contributed by atoms with E-state index in [1.54, 1.807) is 23.7 Å². The summed E-state index contributed by atoms with van der Waals surface area (Å²) >= 11 is 0. The summed E-state index contributed by atoms with van der Waals surface area (Å²) in [7, 11) is -2.42. The van der Waals surface area contributed by atoms with Gasteiger partial charge in [-0.25, -0.2) is 0 Å². The van der Waals surface area contributed by atoms with E-state index in [0.29, 0.717) is 5.52 Å². The van der Waals surface area contributed by atoms with Crippen LogP contribution in [-0.2, 0) is 30.2 Å².